The van der Waals surface area contributed by atoms with Crippen LogP contribution >= 0.6 is 0 Å². The van der Waals surface area contributed by atoms with E-state index in [1.165, 1.54) is 0 Å². The fraction of sp³-hybridized carbons (Fsp3) is 0.389. The minimum absolute atomic E-state index is 0.146. The van der Waals surface area contributed by atoms with E-state index in [-0.39, 0.29) is 18.4 Å². The zero-order valence-electron chi connectivity index (χ0n) is 13.8. The highest BCUT2D eigenvalue weighted by Gasteiger charge is 2.33. The van der Waals surface area contributed by atoms with Crippen LogP contribution < -0.4 is 0 Å². The molecular weight excluding hydrogens is 306 g/mol. The summed E-state index contributed by atoms with van der Waals surface area (Å²) in [6.07, 6.45) is 2.34. The second-order valence-corrected chi connectivity index (χ2v) is 6.49. The molecule has 1 aromatic carbocycles. The molecule has 1 aromatic heterocycles. The standard InChI is InChI=1S/C18H21N3O3/c1-12-8-14(18(23)24)10-20(9-12)17(22)16-11-21(19-13(16)2)15-6-4-3-5-7-15/h3-7,11-12,14H,8-10H2,1-2H3,(H,23,24). The van der Waals surface area contributed by atoms with Crippen LogP contribution in [-0.4, -0.2) is 44.8 Å². The number of hydrogen-bond donors (Lipinski definition) is 1. The van der Waals surface area contributed by atoms with Crippen molar-refractivity contribution >= 4 is 11.9 Å². The Kier molecular flexibility index (Phi) is 4.38. The topological polar surface area (TPSA) is 75.4 Å². The van der Waals surface area contributed by atoms with Crippen LogP contribution in [0, 0.1) is 18.8 Å². The number of piperidine rings is 1. The maximum atomic E-state index is 12.9. The van der Waals surface area contributed by atoms with Gasteiger partial charge in [-0.25, -0.2) is 4.68 Å². The first kappa shape index (κ1) is 16.2. The van der Waals surface area contributed by atoms with E-state index in [4.69, 9.17) is 0 Å². The molecule has 6 heteroatoms. The Morgan fingerprint density at radius 3 is 2.58 bits per heavy atom. The van der Waals surface area contributed by atoms with Crippen molar-refractivity contribution in [1.82, 2.24) is 14.7 Å². The summed E-state index contributed by atoms with van der Waals surface area (Å²) in [4.78, 5) is 25.8. The van der Waals surface area contributed by atoms with Crippen molar-refractivity contribution in [3.8, 4) is 5.69 Å². The van der Waals surface area contributed by atoms with Gasteiger partial charge in [-0.3, -0.25) is 9.59 Å². The average Bonchev–Trinajstić information content (AvgIpc) is 2.96. The van der Waals surface area contributed by atoms with Crippen LogP contribution in [0.25, 0.3) is 5.69 Å². The molecule has 1 amide bonds. The van der Waals surface area contributed by atoms with E-state index in [9.17, 15) is 14.7 Å². The van der Waals surface area contributed by atoms with Gasteiger partial charge >= 0.3 is 5.97 Å². The fourth-order valence-corrected chi connectivity index (χ4v) is 3.25. The van der Waals surface area contributed by atoms with Gasteiger partial charge < -0.3 is 10.0 Å². The van der Waals surface area contributed by atoms with Crippen molar-refractivity contribution in [3.05, 3.63) is 47.8 Å². The number of carbonyl (C=O) groups is 2. The van der Waals surface area contributed by atoms with Gasteiger partial charge in [-0.2, -0.15) is 5.10 Å². The lowest BCUT2D eigenvalue weighted by Gasteiger charge is -2.34. The predicted octanol–water partition coefficient (Wildman–Crippen LogP) is 2.36. The van der Waals surface area contributed by atoms with Gasteiger partial charge in [0, 0.05) is 19.3 Å². The number of carboxylic acids is 1. The van der Waals surface area contributed by atoms with Crippen LogP contribution in [0.2, 0.25) is 0 Å². The SMILES string of the molecule is Cc1nn(-c2ccccc2)cc1C(=O)N1CC(C)CC(C(=O)O)C1. The van der Waals surface area contributed by atoms with E-state index in [1.807, 2.05) is 37.3 Å². The number of carbonyl (C=O) groups excluding carboxylic acids is 1. The minimum Gasteiger partial charge on any atom is -0.481 e. The summed E-state index contributed by atoms with van der Waals surface area (Å²) in [6.45, 7) is 4.62. The molecule has 3 rings (SSSR count). The van der Waals surface area contributed by atoms with Gasteiger partial charge in [-0.1, -0.05) is 25.1 Å². The molecule has 2 unspecified atom stereocenters. The monoisotopic (exact) mass is 327 g/mol. The highest BCUT2D eigenvalue weighted by Crippen LogP contribution is 2.24. The summed E-state index contributed by atoms with van der Waals surface area (Å²) in [5, 5.41) is 13.7. The first-order chi connectivity index (χ1) is 11.5. The van der Waals surface area contributed by atoms with Crippen LogP contribution in [0.1, 0.15) is 29.4 Å². The van der Waals surface area contributed by atoms with Gasteiger partial charge in [-0.15, -0.1) is 0 Å². The summed E-state index contributed by atoms with van der Waals surface area (Å²) in [7, 11) is 0. The molecule has 1 N–H and O–H groups in total. The van der Waals surface area contributed by atoms with Crippen molar-refractivity contribution in [3.63, 3.8) is 0 Å². The Balaban J connectivity index is 1.85. The van der Waals surface area contributed by atoms with Gasteiger partial charge in [0.15, 0.2) is 0 Å². The molecule has 0 bridgehead atoms. The lowest BCUT2D eigenvalue weighted by Crippen LogP contribution is -2.45. The summed E-state index contributed by atoms with van der Waals surface area (Å²) in [5.74, 6) is -1.31. The van der Waals surface area contributed by atoms with Gasteiger partial charge in [0.05, 0.1) is 22.9 Å². The van der Waals surface area contributed by atoms with E-state index in [0.717, 1.165) is 5.69 Å². The van der Waals surface area contributed by atoms with Gasteiger partial charge in [0.1, 0.15) is 0 Å². The largest absolute Gasteiger partial charge is 0.481 e. The number of rotatable bonds is 3. The number of likely N-dealkylation sites (tertiary alicyclic amines) is 1. The summed E-state index contributed by atoms with van der Waals surface area (Å²) in [5.41, 5.74) is 2.06. The smallest absolute Gasteiger partial charge is 0.308 e. The molecule has 24 heavy (non-hydrogen) atoms. The van der Waals surface area contributed by atoms with E-state index in [0.29, 0.717) is 24.2 Å². The third-order valence-electron chi connectivity index (χ3n) is 4.45. The lowest BCUT2D eigenvalue weighted by atomic mass is 9.90. The highest BCUT2D eigenvalue weighted by atomic mass is 16.4. The second kappa shape index (κ2) is 6.47. The predicted molar refractivity (Wildman–Crippen MR) is 89.1 cm³/mol. The van der Waals surface area contributed by atoms with Crippen LogP contribution in [0.15, 0.2) is 36.5 Å². The molecule has 1 fully saturated rings. The quantitative estimate of drug-likeness (QED) is 0.939. The first-order valence-electron chi connectivity index (χ1n) is 8.09. The van der Waals surface area contributed by atoms with E-state index < -0.39 is 11.9 Å². The number of hydrogen-bond acceptors (Lipinski definition) is 3. The number of carboxylic acid groups (broad SMARTS) is 1. The number of benzene rings is 1. The average molecular weight is 327 g/mol. The van der Waals surface area contributed by atoms with Gasteiger partial charge in [-0.05, 0) is 31.4 Å². The highest BCUT2D eigenvalue weighted by molar-refractivity contribution is 5.95. The minimum atomic E-state index is -0.837. The van der Waals surface area contributed by atoms with Crippen molar-refractivity contribution in [2.45, 2.75) is 20.3 Å². The Hall–Kier alpha value is -2.63. The Labute approximate surface area is 140 Å². The Morgan fingerprint density at radius 2 is 1.92 bits per heavy atom. The van der Waals surface area contributed by atoms with Crippen molar-refractivity contribution in [2.24, 2.45) is 11.8 Å². The zero-order valence-corrected chi connectivity index (χ0v) is 13.8. The molecule has 1 aliphatic heterocycles. The third kappa shape index (κ3) is 3.18. The number of aromatic nitrogens is 2. The van der Waals surface area contributed by atoms with Crippen LogP contribution in [0.3, 0.4) is 0 Å². The van der Waals surface area contributed by atoms with Crippen molar-refractivity contribution in [2.75, 3.05) is 13.1 Å². The number of amides is 1. The molecule has 2 atom stereocenters. The molecule has 6 nitrogen and oxygen atoms in total. The maximum absolute atomic E-state index is 12.9. The molecule has 126 valence electrons. The Bertz CT molecular complexity index is 754. The van der Waals surface area contributed by atoms with Crippen LogP contribution in [0.4, 0.5) is 0 Å². The zero-order chi connectivity index (χ0) is 17.3. The van der Waals surface area contributed by atoms with Crippen molar-refractivity contribution in [1.29, 1.82) is 0 Å². The number of nitrogens with zero attached hydrogens (tertiary/aromatic N) is 3. The molecule has 1 saturated heterocycles. The van der Waals surface area contributed by atoms with Crippen molar-refractivity contribution < 1.29 is 14.7 Å². The maximum Gasteiger partial charge on any atom is 0.308 e. The van der Waals surface area contributed by atoms with Gasteiger partial charge in [0.25, 0.3) is 5.91 Å². The molecule has 0 spiro atoms. The molecule has 0 aliphatic carbocycles. The number of para-hydroxylation sites is 1. The third-order valence-corrected chi connectivity index (χ3v) is 4.45. The number of aryl methyl sites for hydroxylation is 1. The summed E-state index contributed by atoms with van der Waals surface area (Å²) < 4.78 is 1.69. The first-order valence-corrected chi connectivity index (χ1v) is 8.09. The summed E-state index contributed by atoms with van der Waals surface area (Å²) >= 11 is 0. The molecule has 0 saturated carbocycles. The summed E-state index contributed by atoms with van der Waals surface area (Å²) in [6, 6.07) is 9.59. The van der Waals surface area contributed by atoms with E-state index in [2.05, 4.69) is 5.10 Å². The second-order valence-electron chi connectivity index (χ2n) is 6.49. The van der Waals surface area contributed by atoms with E-state index in [1.54, 1.807) is 22.7 Å². The molecule has 0 radical (unpaired) electrons. The fourth-order valence-electron chi connectivity index (χ4n) is 3.25. The van der Waals surface area contributed by atoms with Crippen LogP contribution in [0.5, 0.6) is 0 Å². The number of aliphatic carboxylic acids is 1. The molecular formula is C18H21N3O3. The van der Waals surface area contributed by atoms with E-state index >= 15 is 0 Å². The molecule has 2 heterocycles. The van der Waals surface area contributed by atoms with Gasteiger partial charge in [0.2, 0.25) is 0 Å². The lowest BCUT2D eigenvalue weighted by molar-refractivity contribution is -0.143. The van der Waals surface area contributed by atoms with Crippen LogP contribution in [-0.2, 0) is 4.79 Å². The molecule has 2 aromatic rings. The normalized spacial score (nSPS) is 20.8. The Morgan fingerprint density at radius 1 is 1.21 bits per heavy atom. The molecule has 1 aliphatic rings.